The van der Waals surface area contributed by atoms with Crippen LogP contribution >= 0.6 is 23.2 Å². The molecular weight excluding hydrogens is 541 g/mol. The Balaban J connectivity index is 2.49. The Morgan fingerprint density at radius 1 is 1.00 bits per heavy atom. The van der Waals surface area contributed by atoms with Gasteiger partial charge in [0.2, 0.25) is 21.8 Å². The molecule has 1 atom stereocenters. The van der Waals surface area contributed by atoms with Crippen molar-refractivity contribution >= 4 is 50.7 Å². The Hall–Kier alpha value is -2.69. The first-order valence-electron chi connectivity index (χ1n) is 11.7. The molecule has 37 heavy (non-hydrogen) atoms. The minimum Gasteiger partial charge on any atom is -0.493 e. The maximum Gasteiger partial charge on any atom is 0.244 e. The maximum absolute atomic E-state index is 13.7. The molecule has 12 heteroatoms. The van der Waals surface area contributed by atoms with Gasteiger partial charge in [0, 0.05) is 19.2 Å². The van der Waals surface area contributed by atoms with Gasteiger partial charge in [0.05, 0.1) is 36.2 Å². The van der Waals surface area contributed by atoms with Crippen LogP contribution in [-0.4, -0.2) is 64.7 Å². The molecule has 2 aromatic rings. The Kier molecular flexibility index (Phi) is 11.3. The molecule has 0 aliphatic carbocycles. The topological polar surface area (TPSA) is 105 Å². The highest BCUT2D eigenvalue weighted by Crippen LogP contribution is 2.32. The summed E-state index contributed by atoms with van der Waals surface area (Å²) in [6, 6.07) is 8.63. The van der Waals surface area contributed by atoms with Gasteiger partial charge in [-0.2, -0.15) is 0 Å². The van der Waals surface area contributed by atoms with E-state index in [4.69, 9.17) is 32.7 Å². The van der Waals surface area contributed by atoms with Gasteiger partial charge in [0.25, 0.3) is 0 Å². The third-order valence-corrected chi connectivity index (χ3v) is 7.49. The standard InChI is InChI=1S/C25H33Cl2N3O6S/c1-6-12-28-25(32)21(7-2)29(15-17-8-10-19(26)20(27)13-17)24(31)16-30(37(5,33)34)18-9-11-22(35-3)23(14-18)36-4/h8-11,13-14,21H,6-7,12,15-16H2,1-5H3,(H,28,32)/t21-/m1/s1. The third kappa shape index (κ3) is 8.15. The summed E-state index contributed by atoms with van der Waals surface area (Å²) < 4.78 is 37.0. The van der Waals surface area contributed by atoms with Crippen LogP contribution in [0.1, 0.15) is 32.3 Å². The molecule has 0 bridgehead atoms. The van der Waals surface area contributed by atoms with Crippen LogP contribution in [0.2, 0.25) is 10.0 Å². The van der Waals surface area contributed by atoms with Gasteiger partial charge in [0.15, 0.2) is 11.5 Å². The second-order valence-electron chi connectivity index (χ2n) is 8.29. The van der Waals surface area contributed by atoms with Crippen molar-refractivity contribution < 1.29 is 27.5 Å². The van der Waals surface area contributed by atoms with Crippen LogP contribution in [0.15, 0.2) is 36.4 Å². The molecule has 0 heterocycles. The van der Waals surface area contributed by atoms with Crippen LogP contribution in [0.4, 0.5) is 5.69 Å². The number of ether oxygens (including phenoxy) is 2. The largest absolute Gasteiger partial charge is 0.493 e. The second-order valence-corrected chi connectivity index (χ2v) is 11.0. The summed E-state index contributed by atoms with van der Waals surface area (Å²) >= 11 is 12.2. The van der Waals surface area contributed by atoms with E-state index in [2.05, 4.69) is 5.32 Å². The van der Waals surface area contributed by atoms with E-state index in [0.717, 1.165) is 17.0 Å². The number of hydrogen-bond acceptors (Lipinski definition) is 6. The highest BCUT2D eigenvalue weighted by Gasteiger charge is 2.32. The molecule has 0 aliphatic rings. The van der Waals surface area contributed by atoms with E-state index in [0.29, 0.717) is 40.1 Å². The molecule has 2 amide bonds. The molecule has 0 spiro atoms. The first kappa shape index (κ1) is 30.5. The summed E-state index contributed by atoms with van der Waals surface area (Å²) in [6.45, 7) is 3.65. The predicted molar refractivity (Wildman–Crippen MR) is 146 cm³/mol. The summed E-state index contributed by atoms with van der Waals surface area (Å²) in [5, 5.41) is 3.48. The minimum atomic E-state index is -3.89. The number of anilines is 1. The third-order valence-electron chi connectivity index (χ3n) is 5.61. The van der Waals surface area contributed by atoms with Crippen LogP contribution in [0.25, 0.3) is 0 Å². The molecule has 2 rings (SSSR count). The summed E-state index contributed by atoms with van der Waals surface area (Å²) in [7, 11) is -1.00. The van der Waals surface area contributed by atoms with Gasteiger partial charge >= 0.3 is 0 Å². The van der Waals surface area contributed by atoms with Crippen LogP contribution in [0, 0.1) is 0 Å². The quantitative estimate of drug-likeness (QED) is 0.386. The van der Waals surface area contributed by atoms with E-state index in [9.17, 15) is 18.0 Å². The van der Waals surface area contributed by atoms with Crippen molar-refractivity contribution in [3.8, 4) is 11.5 Å². The van der Waals surface area contributed by atoms with E-state index in [1.807, 2.05) is 6.92 Å². The Morgan fingerprint density at radius 2 is 1.68 bits per heavy atom. The average molecular weight is 575 g/mol. The van der Waals surface area contributed by atoms with E-state index in [1.54, 1.807) is 31.2 Å². The zero-order chi connectivity index (χ0) is 27.8. The number of amides is 2. The van der Waals surface area contributed by atoms with Crippen molar-refractivity contribution in [1.29, 1.82) is 0 Å². The lowest BCUT2D eigenvalue weighted by atomic mass is 10.1. The predicted octanol–water partition coefficient (Wildman–Crippen LogP) is 4.11. The van der Waals surface area contributed by atoms with Gasteiger partial charge in [-0.05, 0) is 42.7 Å². The minimum absolute atomic E-state index is 0.0251. The molecule has 1 N–H and O–H groups in total. The van der Waals surface area contributed by atoms with Gasteiger partial charge in [-0.3, -0.25) is 13.9 Å². The lowest BCUT2D eigenvalue weighted by Gasteiger charge is -2.33. The van der Waals surface area contributed by atoms with E-state index >= 15 is 0 Å². The fraction of sp³-hybridized carbons (Fsp3) is 0.440. The zero-order valence-corrected chi connectivity index (χ0v) is 23.9. The Morgan fingerprint density at radius 3 is 2.22 bits per heavy atom. The number of benzene rings is 2. The summed E-state index contributed by atoms with van der Waals surface area (Å²) in [5.74, 6) is -0.176. The molecule has 0 fully saturated rings. The van der Waals surface area contributed by atoms with Crippen molar-refractivity contribution in [1.82, 2.24) is 10.2 Å². The van der Waals surface area contributed by atoms with E-state index < -0.39 is 28.5 Å². The number of sulfonamides is 1. The number of nitrogens with one attached hydrogen (secondary N) is 1. The maximum atomic E-state index is 13.7. The lowest BCUT2D eigenvalue weighted by Crippen LogP contribution is -2.52. The SMILES string of the molecule is CCCNC(=O)[C@@H](CC)N(Cc1ccc(Cl)c(Cl)c1)C(=O)CN(c1ccc(OC)c(OC)c1)S(C)(=O)=O. The van der Waals surface area contributed by atoms with Crippen molar-refractivity contribution in [2.45, 2.75) is 39.3 Å². The van der Waals surface area contributed by atoms with Crippen LogP contribution in [0.3, 0.4) is 0 Å². The van der Waals surface area contributed by atoms with E-state index in [1.165, 1.54) is 31.3 Å². The number of methoxy groups -OCH3 is 2. The zero-order valence-electron chi connectivity index (χ0n) is 21.6. The molecule has 0 aliphatic heterocycles. The Labute approximate surface area is 228 Å². The first-order chi connectivity index (χ1) is 17.5. The smallest absolute Gasteiger partial charge is 0.244 e. The van der Waals surface area contributed by atoms with Gasteiger partial charge in [-0.15, -0.1) is 0 Å². The van der Waals surface area contributed by atoms with Gasteiger partial charge in [-0.1, -0.05) is 43.1 Å². The molecule has 0 saturated carbocycles. The molecule has 204 valence electrons. The van der Waals surface area contributed by atoms with Crippen LogP contribution < -0.4 is 19.1 Å². The molecule has 0 unspecified atom stereocenters. The van der Waals surface area contributed by atoms with Crippen molar-refractivity contribution in [2.24, 2.45) is 0 Å². The summed E-state index contributed by atoms with van der Waals surface area (Å²) in [5.41, 5.74) is 0.855. The fourth-order valence-corrected chi connectivity index (χ4v) is 4.88. The van der Waals surface area contributed by atoms with Crippen molar-refractivity contribution in [3.05, 3.63) is 52.0 Å². The molecule has 0 saturated heterocycles. The molecular formula is C25H33Cl2N3O6S. The van der Waals surface area contributed by atoms with Gasteiger partial charge in [-0.25, -0.2) is 8.42 Å². The number of rotatable bonds is 13. The van der Waals surface area contributed by atoms with Crippen LogP contribution in [0.5, 0.6) is 11.5 Å². The molecule has 0 radical (unpaired) electrons. The second kappa shape index (κ2) is 13.7. The highest BCUT2D eigenvalue weighted by atomic mass is 35.5. The number of carbonyl (C=O) groups excluding carboxylic acids is 2. The molecule has 0 aromatic heterocycles. The molecule has 9 nitrogen and oxygen atoms in total. The number of carbonyl (C=O) groups is 2. The molecule has 2 aromatic carbocycles. The number of nitrogens with zero attached hydrogens (tertiary/aromatic N) is 2. The van der Waals surface area contributed by atoms with E-state index in [-0.39, 0.29) is 18.1 Å². The normalized spacial score (nSPS) is 12.0. The first-order valence-corrected chi connectivity index (χ1v) is 14.3. The number of hydrogen-bond donors (Lipinski definition) is 1. The number of halogens is 2. The van der Waals surface area contributed by atoms with Crippen molar-refractivity contribution in [2.75, 3.05) is 37.9 Å². The fourth-order valence-electron chi connectivity index (χ4n) is 3.71. The monoisotopic (exact) mass is 573 g/mol. The van der Waals surface area contributed by atoms with Gasteiger partial charge in [0.1, 0.15) is 12.6 Å². The Bertz CT molecular complexity index is 1210. The van der Waals surface area contributed by atoms with Crippen LogP contribution in [-0.2, 0) is 26.2 Å². The summed E-state index contributed by atoms with van der Waals surface area (Å²) in [6.07, 6.45) is 2.05. The lowest BCUT2D eigenvalue weighted by molar-refractivity contribution is -0.140. The average Bonchev–Trinajstić information content (AvgIpc) is 2.86. The highest BCUT2D eigenvalue weighted by molar-refractivity contribution is 7.92. The summed E-state index contributed by atoms with van der Waals surface area (Å²) in [4.78, 5) is 28.1. The van der Waals surface area contributed by atoms with Crippen molar-refractivity contribution in [3.63, 3.8) is 0 Å². The van der Waals surface area contributed by atoms with Gasteiger partial charge < -0.3 is 19.7 Å².